The SMILES string of the molecule is COc1ccc(C(=O)N2CCOCC2)cc1COc1ccc(Cl)c(C)c1. The standard InChI is InChI=1S/C20H22ClNO4/c1-14-11-17(4-5-18(14)21)26-13-16-12-15(3-6-19(16)24-2)20(23)22-7-9-25-10-8-22/h3-6,11-12H,7-10,13H2,1-2H3. The van der Waals surface area contributed by atoms with Gasteiger partial charge in [-0.05, 0) is 48.9 Å². The van der Waals surface area contributed by atoms with E-state index >= 15 is 0 Å². The summed E-state index contributed by atoms with van der Waals surface area (Å²) in [5, 5.41) is 0.702. The Hall–Kier alpha value is -2.24. The predicted molar refractivity (Wildman–Crippen MR) is 100 cm³/mol. The third-order valence-electron chi connectivity index (χ3n) is 4.35. The zero-order valence-corrected chi connectivity index (χ0v) is 15.7. The number of benzene rings is 2. The number of hydrogen-bond donors (Lipinski definition) is 0. The number of morpholine rings is 1. The summed E-state index contributed by atoms with van der Waals surface area (Å²) in [6.07, 6.45) is 0. The Morgan fingerprint density at radius 1 is 1.19 bits per heavy atom. The number of methoxy groups -OCH3 is 1. The number of carbonyl (C=O) groups excluding carboxylic acids is 1. The quantitative estimate of drug-likeness (QED) is 0.799. The first-order chi connectivity index (χ1) is 12.6. The third-order valence-corrected chi connectivity index (χ3v) is 4.77. The lowest BCUT2D eigenvalue weighted by atomic mass is 10.1. The molecule has 6 heteroatoms. The normalized spacial score (nSPS) is 14.2. The van der Waals surface area contributed by atoms with Gasteiger partial charge in [-0.1, -0.05) is 11.6 Å². The maximum atomic E-state index is 12.7. The molecule has 3 rings (SSSR count). The fraction of sp³-hybridized carbons (Fsp3) is 0.350. The molecule has 1 fully saturated rings. The van der Waals surface area contributed by atoms with Crippen LogP contribution in [0.4, 0.5) is 0 Å². The number of carbonyl (C=O) groups is 1. The van der Waals surface area contributed by atoms with Crippen LogP contribution in [0.5, 0.6) is 11.5 Å². The highest BCUT2D eigenvalue weighted by atomic mass is 35.5. The molecule has 0 aliphatic carbocycles. The van der Waals surface area contributed by atoms with Crippen LogP contribution in [-0.2, 0) is 11.3 Å². The van der Waals surface area contributed by atoms with Crippen molar-refractivity contribution in [1.82, 2.24) is 4.90 Å². The Balaban J connectivity index is 1.76. The van der Waals surface area contributed by atoms with Crippen LogP contribution in [0.1, 0.15) is 21.5 Å². The molecular weight excluding hydrogens is 354 g/mol. The fourth-order valence-corrected chi connectivity index (χ4v) is 2.96. The number of amides is 1. The van der Waals surface area contributed by atoms with Gasteiger partial charge in [0.25, 0.3) is 5.91 Å². The van der Waals surface area contributed by atoms with Gasteiger partial charge >= 0.3 is 0 Å². The number of halogens is 1. The maximum absolute atomic E-state index is 12.7. The van der Waals surface area contributed by atoms with Gasteiger partial charge in [-0.15, -0.1) is 0 Å². The predicted octanol–water partition coefficient (Wildman–Crippen LogP) is 3.71. The van der Waals surface area contributed by atoms with E-state index in [1.165, 1.54) is 0 Å². The van der Waals surface area contributed by atoms with Crippen molar-refractivity contribution in [1.29, 1.82) is 0 Å². The lowest BCUT2D eigenvalue weighted by Crippen LogP contribution is -2.40. The van der Waals surface area contributed by atoms with Gasteiger partial charge in [0.1, 0.15) is 18.1 Å². The molecule has 2 aromatic carbocycles. The molecule has 1 heterocycles. The molecule has 1 saturated heterocycles. The summed E-state index contributed by atoms with van der Waals surface area (Å²) >= 11 is 6.05. The molecule has 0 atom stereocenters. The molecular formula is C20H22ClNO4. The van der Waals surface area contributed by atoms with Crippen LogP contribution in [0.25, 0.3) is 0 Å². The van der Waals surface area contributed by atoms with Crippen molar-refractivity contribution in [3.63, 3.8) is 0 Å². The van der Waals surface area contributed by atoms with Gasteiger partial charge in [0.15, 0.2) is 0 Å². The Kier molecular flexibility index (Phi) is 6.01. The first-order valence-corrected chi connectivity index (χ1v) is 8.89. The number of nitrogens with zero attached hydrogens (tertiary/aromatic N) is 1. The van der Waals surface area contributed by atoms with Crippen molar-refractivity contribution < 1.29 is 19.0 Å². The largest absolute Gasteiger partial charge is 0.496 e. The van der Waals surface area contributed by atoms with Crippen molar-refractivity contribution in [2.24, 2.45) is 0 Å². The highest BCUT2D eigenvalue weighted by molar-refractivity contribution is 6.31. The molecule has 0 bridgehead atoms. The first kappa shape index (κ1) is 18.5. The van der Waals surface area contributed by atoms with E-state index in [1.54, 1.807) is 24.1 Å². The lowest BCUT2D eigenvalue weighted by molar-refractivity contribution is 0.0302. The van der Waals surface area contributed by atoms with Crippen molar-refractivity contribution in [3.05, 3.63) is 58.1 Å². The molecule has 1 aliphatic rings. The van der Waals surface area contributed by atoms with Gasteiger partial charge in [0.05, 0.1) is 20.3 Å². The van der Waals surface area contributed by atoms with Gasteiger partial charge in [0, 0.05) is 29.2 Å². The van der Waals surface area contributed by atoms with E-state index in [2.05, 4.69) is 0 Å². The summed E-state index contributed by atoms with van der Waals surface area (Å²) in [4.78, 5) is 14.5. The van der Waals surface area contributed by atoms with Gasteiger partial charge in [-0.3, -0.25) is 4.79 Å². The van der Waals surface area contributed by atoms with E-state index in [4.69, 9.17) is 25.8 Å². The van der Waals surface area contributed by atoms with Crippen LogP contribution >= 0.6 is 11.6 Å². The van der Waals surface area contributed by atoms with Gasteiger partial charge in [0.2, 0.25) is 0 Å². The Bertz CT molecular complexity index is 787. The molecule has 1 amide bonds. The van der Waals surface area contributed by atoms with E-state index in [0.717, 1.165) is 16.9 Å². The molecule has 26 heavy (non-hydrogen) atoms. The summed E-state index contributed by atoms with van der Waals surface area (Å²) in [7, 11) is 1.61. The monoisotopic (exact) mass is 375 g/mol. The highest BCUT2D eigenvalue weighted by Crippen LogP contribution is 2.25. The van der Waals surface area contributed by atoms with Crippen molar-refractivity contribution in [2.75, 3.05) is 33.4 Å². The van der Waals surface area contributed by atoms with Crippen molar-refractivity contribution >= 4 is 17.5 Å². The molecule has 0 spiro atoms. The Morgan fingerprint density at radius 2 is 1.96 bits per heavy atom. The number of rotatable bonds is 5. The van der Waals surface area contributed by atoms with E-state index in [1.807, 2.05) is 31.2 Å². The average Bonchev–Trinajstić information content (AvgIpc) is 2.68. The molecule has 0 radical (unpaired) electrons. The molecule has 0 aromatic heterocycles. The van der Waals surface area contributed by atoms with Crippen LogP contribution in [0.3, 0.4) is 0 Å². The Morgan fingerprint density at radius 3 is 2.65 bits per heavy atom. The van der Waals surface area contributed by atoms with Crippen LogP contribution in [0.2, 0.25) is 5.02 Å². The van der Waals surface area contributed by atoms with Crippen LogP contribution < -0.4 is 9.47 Å². The van der Waals surface area contributed by atoms with Crippen LogP contribution in [0, 0.1) is 6.92 Å². The molecule has 0 N–H and O–H groups in total. The van der Waals surface area contributed by atoms with Gasteiger partial charge < -0.3 is 19.1 Å². The second-order valence-electron chi connectivity index (χ2n) is 6.13. The van der Waals surface area contributed by atoms with Crippen molar-refractivity contribution in [3.8, 4) is 11.5 Å². The zero-order valence-electron chi connectivity index (χ0n) is 15.0. The lowest BCUT2D eigenvalue weighted by Gasteiger charge is -2.27. The summed E-state index contributed by atoms with van der Waals surface area (Å²) in [5.74, 6) is 1.41. The average molecular weight is 376 g/mol. The summed E-state index contributed by atoms with van der Waals surface area (Å²) in [6.45, 7) is 4.61. The van der Waals surface area contributed by atoms with Crippen LogP contribution in [0.15, 0.2) is 36.4 Å². The van der Waals surface area contributed by atoms with Gasteiger partial charge in [-0.2, -0.15) is 0 Å². The Labute approximate surface area is 158 Å². The number of hydrogen-bond acceptors (Lipinski definition) is 4. The van der Waals surface area contributed by atoms with Crippen molar-refractivity contribution in [2.45, 2.75) is 13.5 Å². The molecule has 138 valence electrons. The molecule has 0 unspecified atom stereocenters. The van der Waals surface area contributed by atoms with Gasteiger partial charge in [-0.25, -0.2) is 0 Å². The number of aryl methyl sites for hydroxylation is 1. The second kappa shape index (κ2) is 8.43. The van der Waals surface area contributed by atoms with E-state index < -0.39 is 0 Å². The summed E-state index contributed by atoms with van der Waals surface area (Å²) < 4.78 is 16.6. The highest BCUT2D eigenvalue weighted by Gasteiger charge is 2.19. The third kappa shape index (κ3) is 4.29. The summed E-state index contributed by atoms with van der Waals surface area (Å²) in [5.41, 5.74) is 2.39. The minimum atomic E-state index is -0.000426. The van der Waals surface area contributed by atoms with E-state index in [0.29, 0.717) is 49.2 Å². The molecule has 2 aromatic rings. The second-order valence-corrected chi connectivity index (χ2v) is 6.54. The van der Waals surface area contributed by atoms with Crippen LogP contribution in [-0.4, -0.2) is 44.2 Å². The first-order valence-electron chi connectivity index (χ1n) is 8.51. The van der Waals surface area contributed by atoms with E-state index in [9.17, 15) is 4.79 Å². The van der Waals surface area contributed by atoms with E-state index in [-0.39, 0.29) is 5.91 Å². The molecule has 5 nitrogen and oxygen atoms in total. The minimum Gasteiger partial charge on any atom is -0.496 e. The molecule has 0 saturated carbocycles. The zero-order chi connectivity index (χ0) is 18.5. The minimum absolute atomic E-state index is 0.000426. The fourth-order valence-electron chi connectivity index (χ4n) is 2.84. The number of ether oxygens (including phenoxy) is 3. The maximum Gasteiger partial charge on any atom is 0.254 e. The topological polar surface area (TPSA) is 48.0 Å². The summed E-state index contributed by atoms with van der Waals surface area (Å²) in [6, 6.07) is 10.9. The molecule has 1 aliphatic heterocycles. The smallest absolute Gasteiger partial charge is 0.254 e.